The minimum atomic E-state index is 0.108. The number of para-hydroxylation sites is 1. The van der Waals surface area contributed by atoms with Gasteiger partial charge in [0.15, 0.2) is 0 Å². The Morgan fingerprint density at radius 1 is 1.19 bits per heavy atom. The van der Waals surface area contributed by atoms with Crippen molar-refractivity contribution >= 4 is 10.9 Å². The van der Waals surface area contributed by atoms with Crippen LogP contribution >= 0.6 is 0 Å². The zero-order chi connectivity index (χ0) is 14.8. The number of benzene rings is 1. The predicted octanol–water partition coefficient (Wildman–Crippen LogP) is 3.60. The van der Waals surface area contributed by atoms with Crippen molar-refractivity contribution in [1.82, 2.24) is 4.57 Å². The van der Waals surface area contributed by atoms with Crippen LogP contribution in [-0.4, -0.2) is 4.57 Å². The van der Waals surface area contributed by atoms with Gasteiger partial charge in [0.25, 0.3) is 5.56 Å². The third-order valence-corrected chi connectivity index (χ3v) is 5.00. The maximum atomic E-state index is 12.7. The molecular weight excluding hydrogens is 260 g/mol. The highest BCUT2D eigenvalue weighted by atomic mass is 16.1. The largest absolute Gasteiger partial charge is 0.326 e. The molecule has 0 aliphatic heterocycles. The summed E-state index contributed by atoms with van der Waals surface area (Å²) in [4.78, 5) is 12.7. The van der Waals surface area contributed by atoms with Crippen LogP contribution in [0.2, 0.25) is 0 Å². The number of aromatic nitrogens is 1. The van der Waals surface area contributed by atoms with Gasteiger partial charge in [-0.25, -0.2) is 0 Å². The molecule has 3 heteroatoms. The molecule has 1 aromatic heterocycles. The normalized spacial score (nSPS) is 22.6. The summed E-state index contributed by atoms with van der Waals surface area (Å²) in [6, 6.07) is 10.4. The molecule has 0 atom stereocenters. The van der Waals surface area contributed by atoms with Crippen LogP contribution < -0.4 is 11.3 Å². The Labute approximate surface area is 125 Å². The van der Waals surface area contributed by atoms with Crippen molar-refractivity contribution in [3.8, 4) is 0 Å². The van der Waals surface area contributed by atoms with Crippen LogP contribution in [0.15, 0.2) is 35.1 Å². The highest BCUT2D eigenvalue weighted by Crippen LogP contribution is 2.34. The highest BCUT2D eigenvalue weighted by Gasteiger charge is 2.23. The van der Waals surface area contributed by atoms with Gasteiger partial charge < -0.3 is 10.3 Å². The lowest BCUT2D eigenvalue weighted by atomic mass is 9.84. The SMILES string of the molecule is CCC1CCC(n2c(=O)c(CN)cc3ccccc32)CC1. The molecule has 1 aliphatic rings. The van der Waals surface area contributed by atoms with Crippen molar-refractivity contribution in [3.63, 3.8) is 0 Å². The van der Waals surface area contributed by atoms with Crippen LogP contribution in [0.5, 0.6) is 0 Å². The van der Waals surface area contributed by atoms with Gasteiger partial charge in [0.1, 0.15) is 0 Å². The molecule has 0 spiro atoms. The minimum absolute atomic E-state index is 0.108. The molecule has 0 radical (unpaired) electrons. The first-order chi connectivity index (χ1) is 10.2. The maximum absolute atomic E-state index is 12.7. The number of pyridine rings is 1. The lowest BCUT2D eigenvalue weighted by Gasteiger charge is -2.30. The van der Waals surface area contributed by atoms with Crippen molar-refractivity contribution in [1.29, 1.82) is 0 Å². The molecule has 1 saturated carbocycles. The zero-order valence-electron chi connectivity index (χ0n) is 12.7. The second kappa shape index (κ2) is 6.02. The van der Waals surface area contributed by atoms with Crippen LogP contribution in [-0.2, 0) is 6.54 Å². The molecule has 1 aliphatic carbocycles. The van der Waals surface area contributed by atoms with E-state index >= 15 is 0 Å². The summed E-state index contributed by atoms with van der Waals surface area (Å²) in [5.74, 6) is 0.834. The van der Waals surface area contributed by atoms with Crippen molar-refractivity contribution < 1.29 is 0 Å². The van der Waals surface area contributed by atoms with Gasteiger partial charge in [-0.05, 0) is 49.1 Å². The molecule has 1 fully saturated rings. The van der Waals surface area contributed by atoms with Crippen LogP contribution in [0.1, 0.15) is 50.6 Å². The van der Waals surface area contributed by atoms with E-state index in [0.717, 1.165) is 35.2 Å². The monoisotopic (exact) mass is 284 g/mol. The fourth-order valence-electron chi connectivity index (χ4n) is 3.66. The molecule has 1 aromatic carbocycles. The predicted molar refractivity (Wildman–Crippen MR) is 87.4 cm³/mol. The van der Waals surface area contributed by atoms with Crippen molar-refractivity contribution in [2.24, 2.45) is 11.7 Å². The first kappa shape index (κ1) is 14.3. The topological polar surface area (TPSA) is 48.0 Å². The fourth-order valence-corrected chi connectivity index (χ4v) is 3.66. The van der Waals surface area contributed by atoms with E-state index in [2.05, 4.69) is 19.1 Å². The molecule has 0 bridgehead atoms. The van der Waals surface area contributed by atoms with E-state index in [0.29, 0.717) is 12.6 Å². The summed E-state index contributed by atoms with van der Waals surface area (Å²) >= 11 is 0. The Bertz CT molecular complexity index is 681. The van der Waals surface area contributed by atoms with E-state index in [1.165, 1.54) is 19.3 Å². The van der Waals surface area contributed by atoms with Crippen molar-refractivity contribution in [2.45, 2.75) is 51.6 Å². The average Bonchev–Trinajstić information content (AvgIpc) is 2.54. The second-order valence-electron chi connectivity index (χ2n) is 6.19. The van der Waals surface area contributed by atoms with Crippen LogP contribution in [0, 0.1) is 5.92 Å². The summed E-state index contributed by atoms with van der Waals surface area (Å²) in [7, 11) is 0. The minimum Gasteiger partial charge on any atom is -0.326 e. The second-order valence-corrected chi connectivity index (χ2v) is 6.19. The van der Waals surface area contributed by atoms with E-state index in [4.69, 9.17) is 5.73 Å². The maximum Gasteiger partial charge on any atom is 0.255 e. The van der Waals surface area contributed by atoms with E-state index in [9.17, 15) is 4.79 Å². The lowest BCUT2D eigenvalue weighted by molar-refractivity contribution is 0.270. The van der Waals surface area contributed by atoms with E-state index in [-0.39, 0.29) is 5.56 Å². The Kier molecular flexibility index (Phi) is 4.11. The zero-order valence-corrected chi connectivity index (χ0v) is 12.7. The molecule has 3 nitrogen and oxygen atoms in total. The van der Waals surface area contributed by atoms with E-state index in [1.54, 1.807) is 0 Å². The Morgan fingerprint density at radius 3 is 2.57 bits per heavy atom. The van der Waals surface area contributed by atoms with Gasteiger partial charge in [-0.3, -0.25) is 4.79 Å². The summed E-state index contributed by atoms with van der Waals surface area (Å²) in [6.07, 6.45) is 5.93. The molecule has 0 amide bonds. The Balaban J connectivity index is 2.08. The van der Waals surface area contributed by atoms with E-state index < -0.39 is 0 Å². The van der Waals surface area contributed by atoms with Crippen LogP contribution in [0.3, 0.4) is 0 Å². The van der Waals surface area contributed by atoms with Gasteiger partial charge in [0.2, 0.25) is 0 Å². The Hall–Kier alpha value is -1.61. The lowest BCUT2D eigenvalue weighted by Crippen LogP contribution is -2.31. The highest BCUT2D eigenvalue weighted by molar-refractivity contribution is 5.79. The summed E-state index contributed by atoms with van der Waals surface area (Å²) < 4.78 is 2.02. The quantitative estimate of drug-likeness (QED) is 0.936. The van der Waals surface area contributed by atoms with Gasteiger partial charge >= 0.3 is 0 Å². The molecule has 1 heterocycles. The Morgan fingerprint density at radius 2 is 1.90 bits per heavy atom. The van der Waals surface area contributed by atoms with Gasteiger partial charge in [-0.1, -0.05) is 31.5 Å². The summed E-state index contributed by atoms with van der Waals surface area (Å²) in [5, 5.41) is 1.12. The molecule has 3 rings (SSSR count). The first-order valence-electron chi connectivity index (χ1n) is 8.07. The molecular formula is C18H24N2O. The number of fused-ring (bicyclic) bond motifs is 1. The standard InChI is InChI=1S/C18H24N2O/c1-2-13-7-9-16(10-8-13)20-17-6-4-3-5-14(17)11-15(12-19)18(20)21/h3-6,11,13,16H,2,7-10,12,19H2,1H3. The van der Waals surface area contributed by atoms with Crippen LogP contribution in [0.4, 0.5) is 0 Å². The molecule has 2 N–H and O–H groups in total. The first-order valence-corrected chi connectivity index (χ1v) is 8.07. The average molecular weight is 284 g/mol. The van der Waals surface area contributed by atoms with Gasteiger partial charge in [0.05, 0.1) is 5.52 Å². The number of hydrogen-bond acceptors (Lipinski definition) is 2. The summed E-state index contributed by atoms with van der Waals surface area (Å²) in [6.45, 7) is 2.58. The molecule has 112 valence electrons. The van der Waals surface area contributed by atoms with Crippen molar-refractivity contribution in [2.75, 3.05) is 0 Å². The number of nitrogens with zero attached hydrogens (tertiary/aromatic N) is 1. The van der Waals surface area contributed by atoms with Crippen molar-refractivity contribution in [3.05, 3.63) is 46.2 Å². The molecule has 0 unspecified atom stereocenters. The number of rotatable bonds is 3. The number of hydrogen-bond donors (Lipinski definition) is 1. The van der Waals surface area contributed by atoms with Gasteiger partial charge in [0, 0.05) is 18.2 Å². The van der Waals surface area contributed by atoms with Gasteiger partial charge in [-0.2, -0.15) is 0 Å². The van der Waals surface area contributed by atoms with E-state index in [1.807, 2.05) is 22.8 Å². The summed E-state index contributed by atoms with van der Waals surface area (Å²) in [5.41, 5.74) is 7.66. The number of nitrogens with two attached hydrogens (primary N) is 1. The third kappa shape index (κ3) is 2.62. The third-order valence-electron chi connectivity index (χ3n) is 5.00. The smallest absolute Gasteiger partial charge is 0.255 e. The van der Waals surface area contributed by atoms with Crippen LogP contribution in [0.25, 0.3) is 10.9 Å². The van der Waals surface area contributed by atoms with Gasteiger partial charge in [-0.15, -0.1) is 0 Å². The fraction of sp³-hybridized carbons (Fsp3) is 0.500. The molecule has 21 heavy (non-hydrogen) atoms. The molecule has 0 saturated heterocycles. The molecule has 2 aromatic rings.